The number of pyridine rings is 1. The number of halogens is 2. The van der Waals surface area contributed by atoms with E-state index < -0.39 is 30.1 Å². The number of alkyl carbamates (subject to hydrolysis) is 1. The largest absolute Gasteiger partial charge is 0.466 e. The van der Waals surface area contributed by atoms with E-state index in [0.29, 0.717) is 28.0 Å². The Bertz CT molecular complexity index is 1310. The van der Waals surface area contributed by atoms with Crippen molar-refractivity contribution in [2.75, 3.05) is 31.7 Å². The van der Waals surface area contributed by atoms with Crippen LogP contribution in [0.5, 0.6) is 0 Å². The van der Waals surface area contributed by atoms with Gasteiger partial charge in [0, 0.05) is 15.7 Å². The van der Waals surface area contributed by atoms with Crippen molar-refractivity contribution in [3.63, 3.8) is 0 Å². The molecule has 0 saturated heterocycles. The van der Waals surface area contributed by atoms with Gasteiger partial charge in [0.15, 0.2) is 0 Å². The zero-order valence-corrected chi connectivity index (χ0v) is 24.9. The summed E-state index contributed by atoms with van der Waals surface area (Å²) >= 11 is 12.4. The number of hydrogen-bond acceptors (Lipinski definition) is 8. The van der Waals surface area contributed by atoms with E-state index in [0.717, 1.165) is 11.3 Å². The Morgan fingerprint density at radius 3 is 2.36 bits per heavy atom. The van der Waals surface area contributed by atoms with Gasteiger partial charge in [0.05, 0.1) is 38.8 Å². The van der Waals surface area contributed by atoms with Crippen LogP contribution in [0.15, 0.2) is 66.7 Å². The van der Waals surface area contributed by atoms with E-state index in [4.69, 9.17) is 37.4 Å². The minimum atomic E-state index is -1.15. The molecule has 1 heterocycles. The first-order chi connectivity index (χ1) is 20.2. The Kier molecular flexibility index (Phi) is 13.4. The van der Waals surface area contributed by atoms with Crippen molar-refractivity contribution < 1.29 is 28.6 Å². The molecule has 0 aliphatic carbocycles. The summed E-state index contributed by atoms with van der Waals surface area (Å²) < 4.78 is 16.1. The molecular formula is C30H34Cl2N4O6. The van der Waals surface area contributed by atoms with Gasteiger partial charge in [0.25, 0.3) is 0 Å². The monoisotopic (exact) mass is 616 g/mol. The van der Waals surface area contributed by atoms with Crippen LogP contribution in [0.25, 0.3) is 0 Å². The van der Waals surface area contributed by atoms with Crippen LogP contribution in [-0.2, 0) is 30.4 Å². The Labute approximate surface area is 255 Å². The number of hydrogen-bond donors (Lipinski definition) is 3. The zero-order chi connectivity index (χ0) is 30.3. The van der Waals surface area contributed by atoms with E-state index in [1.165, 1.54) is 6.07 Å². The normalized spacial score (nSPS) is 12.1. The molecule has 10 nitrogen and oxygen atoms in total. The second-order valence-corrected chi connectivity index (χ2v) is 10.1. The lowest BCUT2D eigenvalue weighted by Gasteiger charge is -2.24. The quantitative estimate of drug-likeness (QED) is 0.156. The van der Waals surface area contributed by atoms with Crippen LogP contribution in [0.2, 0.25) is 10.0 Å². The number of esters is 1. The number of ether oxygens (including phenoxy) is 3. The summed E-state index contributed by atoms with van der Waals surface area (Å²) in [6.07, 6.45) is -0.998. The Balaban J connectivity index is 1.67. The fraction of sp³-hybridized carbons (Fsp3) is 0.333. The minimum Gasteiger partial charge on any atom is -0.466 e. The van der Waals surface area contributed by atoms with E-state index in [2.05, 4.69) is 20.9 Å². The van der Waals surface area contributed by atoms with Gasteiger partial charge in [-0.05, 0) is 55.3 Å². The molecule has 3 aromatic rings. The van der Waals surface area contributed by atoms with Gasteiger partial charge < -0.3 is 30.2 Å². The number of carbonyl (C=O) groups is 3. The van der Waals surface area contributed by atoms with Crippen LogP contribution in [0.4, 0.5) is 10.6 Å². The standard InChI is InChI=1S/C30H34Cl2N4O6/c1-3-41-28(37)17-25(22-14-23(31)16-24(32)15-22)35-29(38)26(19-40-18-21-9-5-4-6-10-21)36-30(39)42-13-12-33-27-11-7-8-20(2)34-27/h4-11,14-16,25-26H,3,12-13,17-19H2,1-2H3,(H,33,34)(H,35,38)(H,36,39). The van der Waals surface area contributed by atoms with Gasteiger partial charge >= 0.3 is 12.1 Å². The molecule has 2 aromatic carbocycles. The minimum absolute atomic E-state index is 0.0210. The number of benzene rings is 2. The third kappa shape index (κ3) is 11.6. The van der Waals surface area contributed by atoms with E-state index in [-0.39, 0.29) is 32.8 Å². The first kappa shape index (κ1) is 32.7. The molecule has 42 heavy (non-hydrogen) atoms. The molecule has 3 N–H and O–H groups in total. The van der Waals surface area contributed by atoms with Gasteiger partial charge in [0.2, 0.25) is 5.91 Å². The summed E-state index contributed by atoms with van der Waals surface area (Å²) in [6.45, 7) is 4.11. The average molecular weight is 618 g/mol. The highest BCUT2D eigenvalue weighted by molar-refractivity contribution is 6.34. The number of aryl methyl sites for hydroxylation is 1. The van der Waals surface area contributed by atoms with Crippen LogP contribution in [0.1, 0.15) is 36.2 Å². The Morgan fingerprint density at radius 2 is 1.67 bits per heavy atom. The molecule has 0 spiro atoms. The highest BCUT2D eigenvalue weighted by atomic mass is 35.5. The van der Waals surface area contributed by atoms with E-state index >= 15 is 0 Å². The number of nitrogens with one attached hydrogen (secondary N) is 3. The number of aromatic nitrogens is 1. The molecule has 0 aliphatic rings. The van der Waals surface area contributed by atoms with Crippen molar-refractivity contribution in [1.29, 1.82) is 0 Å². The molecule has 0 saturated carbocycles. The number of nitrogens with zero attached hydrogens (tertiary/aromatic N) is 1. The smallest absolute Gasteiger partial charge is 0.407 e. The lowest BCUT2D eigenvalue weighted by atomic mass is 10.0. The average Bonchev–Trinajstić information content (AvgIpc) is 2.94. The zero-order valence-electron chi connectivity index (χ0n) is 23.4. The van der Waals surface area contributed by atoms with Crippen LogP contribution in [-0.4, -0.2) is 55.4 Å². The van der Waals surface area contributed by atoms with Gasteiger partial charge in [-0.2, -0.15) is 0 Å². The molecule has 2 amide bonds. The van der Waals surface area contributed by atoms with E-state index in [1.54, 1.807) is 25.1 Å². The highest BCUT2D eigenvalue weighted by Crippen LogP contribution is 2.26. The molecule has 2 unspecified atom stereocenters. The van der Waals surface area contributed by atoms with E-state index in [1.807, 2.05) is 49.4 Å². The molecule has 224 valence electrons. The number of anilines is 1. The van der Waals surface area contributed by atoms with Crippen LogP contribution >= 0.6 is 23.2 Å². The first-order valence-corrected chi connectivity index (χ1v) is 14.1. The summed E-state index contributed by atoms with van der Waals surface area (Å²) in [5.74, 6) is -0.481. The van der Waals surface area contributed by atoms with Gasteiger partial charge in [0.1, 0.15) is 18.5 Å². The van der Waals surface area contributed by atoms with E-state index in [9.17, 15) is 14.4 Å². The fourth-order valence-electron chi connectivity index (χ4n) is 3.89. The lowest BCUT2D eigenvalue weighted by molar-refractivity contribution is -0.143. The maximum atomic E-state index is 13.5. The van der Waals surface area contributed by atoms with Gasteiger partial charge in [-0.3, -0.25) is 9.59 Å². The van der Waals surface area contributed by atoms with Crippen molar-refractivity contribution in [2.24, 2.45) is 0 Å². The molecule has 0 bridgehead atoms. The van der Waals surface area contributed by atoms with Crippen molar-refractivity contribution in [2.45, 2.75) is 39.0 Å². The fourth-order valence-corrected chi connectivity index (χ4v) is 4.43. The van der Waals surface area contributed by atoms with Crippen molar-refractivity contribution in [3.05, 3.63) is 93.6 Å². The van der Waals surface area contributed by atoms with Crippen LogP contribution in [0, 0.1) is 6.92 Å². The summed E-state index contributed by atoms with van der Waals surface area (Å²) in [7, 11) is 0. The molecule has 2 atom stereocenters. The number of rotatable bonds is 15. The molecule has 0 fully saturated rings. The highest BCUT2D eigenvalue weighted by Gasteiger charge is 2.27. The first-order valence-electron chi connectivity index (χ1n) is 13.4. The van der Waals surface area contributed by atoms with Gasteiger partial charge in [-0.1, -0.05) is 59.6 Å². The van der Waals surface area contributed by atoms with Crippen molar-refractivity contribution in [3.8, 4) is 0 Å². The number of carbonyl (C=O) groups excluding carboxylic acids is 3. The predicted octanol–water partition coefficient (Wildman–Crippen LogP) is 5.23. The molecule has 1 aromatic heterocycles. The molecular weight excluding hydrogens is 583 g/mol. The third-order valence-corrected chi connectivity index (χ3v) is 6.25. The maximum Gasteiger partial charge on any atom is 0.407 e. The molecule has 0 aliphatic heterocycles. The predicted molar refractivity (Wildman–Crippen MR) is 160 cm³/mol. The summed E-state index contributed by atoms with van der Waals surface area (Å²) in [5, 5.41) is 9.09. The molecule has 3 rings (SSSR count). The summed E-state index contributed by atoms with van der Waals surface area (Å²) in [4.78, 5) is 42.8. The van der Waals surface area contributed by atoms with Crippen molar-refractivity contribution >= 4 is 47.0 Å². The summed E-state index contributed by atoms with van der Waals surface area (Å²) in [5.41, 5.74) is 2.24. The second-order valence-electron chi connectivity index (χ2n) is 9.20. The molecule has 0 radical (unpaired) electrons. The summed E-state index contributed by atoms with van der Waals surface area (Å²) in [6, 6.07) is 17.7. The Hall–Kier alpha value is -3.86. The maximum absolute atomic E-state index is 13.5. The van der Waals surface area contributed by atoms with Crippen LogP contribution < -0.4 is 16.0 Å². The number of amides is 2. The SMILES string of the molecule is CCOC(=O)CC(NC(=O)C(COCc1ccccc1)NC(=O)OCCNc1cccc(C)n1)c1cc(Cl)cc(Cl)c1. The Morgan fingerprint density at radius 1 is 0.929 bits per heavy atom. The topological polar surface area (TPSA) is 128 Å². The second kappa shape index (κ2) is 17.2. The third-order valence-electron chi connectivity index (χ3n) is 5.81. The molecule has 12 heteroatoms. The lowest BCUT2D eigenvalue weighted by Crippen LogP contribution is -2.50. The van der Waals surface area contributed by atoms with Crippen molar-refractivity contribution in [1.82, 2.24) is 15.6 Å². The van der Waals surface area contributed by atoms with Crippen LogP contribution in [0.3, 0.4) is 0 Å². The van der Waals surface area contributed by atoms with Gasteiger partial charge in [-0.25, -0.2) is 9.78 Å². The van der Waals surface area contributed by atoms with Gasteiger partial charge in [-0.15, -0.1) is 0 Å².